The summed E-state index contributed by atoms with van der Waals surface area (Å²) >= 11 is 0. The van der Waals surface area contributed by atoms with Crippen LogP contribution < -0.4 is 5.63 Å². The lowest BCUT2D eigenvalue weighted by molar-refractivity contribution is -0.253. The highest BCUT2D eigenvalue weighted by Crippen LogP contribution is 2.71. The van der Waals surface area contributed by atoms with E-state index < -0.39 is 17.3 Å². The van der Waals surface area contributed by atoms with Crippen LogP contribution in [0, 0.1) is 22.7 Å². The zero-order valence-corrected chi connectivity index (χ0v) is 22.0. The van der Waals surface area contributed by atoms with E-state index in [4.69, 9.17) is 9.15 Å². The van der Waals surface area contributed by atoms with Crippen LogP contribution in [0.1, 0.15) is 89.5 Å². The Morgan fingerprint density at radius 3 is 2.46 bits per heavy atom. The number of rotatable bonds is 2. The lowest BCUT2D eigenvalue weighted by atomic mass is 9.42. The Morgan fingerprint density at radius 1 is 1.00 bits per heavy atom. The van der Waals surface area contributed by atoms with Gasteiger partial charge in [-0.1, -0.05) is 13.8 Å². The van der Waals surface area contributed by atoms with E-state index in [0.29, 0.717) is 45.2 Å². The molecule has 204 valence electrons. The minimum atomic E-state index is -0.938. The van der Waals surface area contributed by atoms with Crippen molar-refractivity contribution in [3.63, 3.8) is 0 Å². The average molecular weight is 516 g/mol. The molecule has 0 radical (unpaired) electrons. The fourth-order valence-corrected chi connectivity index (χ4v) is 9.51. The average Bonchev–Trinajstić information content (AvgIpc) is 3.41. The molecule has 8 nitrogen and oxygen atoms in total. The largest absolute Gasteiger partial charge is 0.446 e. The third kappa shape index (κ3) is 3.65. The maximum atomic E-state index is 12.7. The number of β-amino-alcohol motifs (C(OH)–C–C–N with tert-alkyl or cyclic N) is 1. The minimum absolute atomic E-state index is 0.0995. The first-order chi connectivity index (χ1) is 17.5. The predicted octanol–water partition coefficient (Wildman–Crippen LogP) is 3.57. The van der Waals surface area contributed by atoms with Crippen molar-refractivity contribution in [2.24, 2.45) is 22.7 Å². The van der Waals surface area contributed by atoms with Gasteiger partial charge in [-0.3, -0.25) is 0 Å². The Hall–Kier alpha value is -1.90. The first-order valence-corrected chi connectivity index (χ1v) is 14.2. The van der Waals surface area contributed by atoms with E-state index in [0.717, 1.165) is 37.7 Å². The molecule has 1 aliphatic heterocycles. The number of aliphatic hydroxyl groups is 3. The first-order valence-electron chi connectivity index (χ1n) is 14.2. The number of amides is 1. The molecule has 37 heavy (non-hydrogen) atoms. The van der Waals surface area contributed by atoms with E-state index in [1.807, 2.05) is 6.07 Å². The summed E-state index contributed by atoms with van der Waals surface area (Å²) in [6, 6.07) is 3.33. The van der Waals surface area contributed by atoms with Crippen LogP contribution in [-0.4, -0.2) is 62.8 Å². The molecule has 1 amide bonds. The monoisotopic (exact) mass is 515 g/mol. The van der Waals surface area contributed by atoms with Gasteiger partial charge in [-0.05, 0) is 92.6 Å². The summed E-state index contributed by atoms with van der Waals surface area (Å²) in [7, 11) is 0. The van der Waals surface area contributed by atoms with Crippen molar-refractivity contribution in [3.8, 4) is 0 Å². The second-order valence-corrected chi connectivity index (χ2v) is 13.2. The first kappa shape index (κ1) is 25.4. The van der Waals surface area contributed by atoms with E-state index >= 15 is 0 Å². The molecule has 0 spiro atoms. The van der Waals surface area contributed by atoms with Gasteiger partial charge in [-0.15, -0.1) is 0 Å². The summed E-state index contributed by atoms with van der Waals surface area (Å²) in [4.78, 5) is 25.7. The van der Waals surface area contributed by atoms with Crippen molar-refractivity contribution in [1.29, 1.82) is 0 Å². The standard InChI is InChI=1S/C29H41NO7/c1-26-10-5-20(37-25(33)30-14-9-19(31)16-30)15-28(26,34)12-7-23-22(26)6-11-27(2)21(8-13-29(23,27)35)18-3-4-24(32)36-17-18/h3-4,17,19-23,31,34-35H,5-16H2,1-2H3/t19?,20-,21+,22-,23+,26+,27+,28-,29-/m0/s1. The molecule has 3 N–H and O–H groups in total. The van der Waals surface area contributed by atoms with Gasteiger partial charge >= 0.3 is 11.7 Å². The highest BCUT2D eigenvalue weighted by Gasteiger charge is 2.70. The topological polar surface area (TPSA) is 120 Å². The predicted molar refractivity (Wildman–Crippen MR) is 135 cm³/mol. The Balaban J connectivity index is 1.20. The number of fused-ring (bicyclic) bond motifs is 5. The van der Waals surface area contributed by atoms with Gasteiger partial charge in [-0.25, -0.2) is 9.59 Å². The molecule has 1 unspecified atom stereocenters. The molecule has 1 aromatic rings. The van der Waals surface area contributed by atoms with Crippen LogP contribution in [0.5, 0.6) is 0 Å². The van der Waals surface area contributed by atoms with Gasteiger partial charge in [0.05, 0.1) is 23.6 Å². The summed E-state index contributed by atoms with van der Waals surface area (Å²) in [5.74, 6) is 0.431. The van der Waals surface area contributed by atoms with Gasteiger partial charge < -0.3 is 29.4 Å². The molecule has 0 aromatic carbocycles. The molecule has 1 saturated heterocycles. The van der Waals surface area contributed by atoms with Crippen molar-refractivity contribution in [2.75, 3.05) is 13.1 Å². The second kappa shape index (κ2) is 8.55. The third-order valence-corrected chi connectivity index (χ3v) is 11.8. The highest BCUT2D eigenvalue weighted by molar-refractivity contribution is 5.68. The van der Waals surface area contributed by atoms with Crippen molar-refractivity contribution in [3.05, 3.63) is 34.4 Å². The Kier molecular flexibility index (Phi) is 5.87. The zero-order valence-electron chi connectivity index (χ0n) is 22.0. The van der Waals surface area contributed by atoms with Crippen molar-refractivity contribution in [2.45, 2.75) is 107 Å². The Morgan fingerprint density at radius 2 is 1.76 bits per heavy atom. The fourth-order valence-electron chi connectivity index (χ4n) is 9.51. The summed E-state index contributed by atoms with van der Waals surface area (Å²) in [5, 5.41) is 34.2. The van der Waals surface area contributed by atoms with E-state index in [1.54, 1.807) is 11.2 Å². The van der Waals surface area contributed by atoms with Gasteiger partial charge in [0.25, 0.3) is 0 Å². The number of hydrogen-bond donors (Lipinski definition) is 3. The van der Waals surface area contributed by atoms with Gasteiger partial charge in [0.15, 0.2) is 0 Å². The maximum Gasteiger partial charge on any atom is 0.410 e. The smallest absolute Gasteiger partial charge is 0.410 e. The van der Waals surface area contributed by atoms with Crippen LogP contribution in [0.25, 0.3) is 0 Å². The van der Waals surface area contributed by atoms with Gasteiger partial charge in [0, 0.05) is 31.0 Å². The van der Waals surface area contributed by atoms with Gasteiger partial charge in [-0.2, -0.15) is 0 Å². The summed E-state index contributed by atoms with van der Waals surface area (Å²) < 4.78 is 11.0. The third-order valence-electron chi connectivity index (χ3n) is 11.8. The number of ether oxygens (including phenoxy) is 1. The molecular formula is C29H41NO7. The molecule has 6 rings (SSSR count). The van der Waals surface area contributed by atoms with E-state index in [9.17, 15) is 24.9 Å². The molecule has 5 aliphatic rings. The van der Waals surface area contributed by atoms with Crippen LogP contribution in [0.3, 0.4) is 0 Å². The normalized spacial score (nSPS) is 47.2. The van der Waals surface area contributed by atoms with Crippen LogP contribution in [0.2, 0.25) is 0 Å². The molecule has 8 heteroatoms. The van der Waals surface area contributed by atoms with Crippen molar-refractivity contribution >= 4 is 6.09 Å². The summed E-state index contributed by atoms with van der Waals surface area (Å²) in [6.45, 7) is 5.22. The maximum absolute atomic E-state index is 12.7. The van der Waals surface area contributed by atoms with Crippen LogP contribution in [0.4, 0.5) is 4.79 Å². The quantitative estimate of drug-likeness (QED) is 0.551. The molecule has 4 aliphatic carbocycles. The van der Waals surface area contributed by atoms with Crippen LogP contribution in [-0.2, 0) is 4.74 Å². The van der Waals surface area contributed by atoms with Gasteiger partial charge in [0.1, 0.15) is 6.10 Å². The van der Waals surface area contributed by atoms with Gasteiger partial charge in [0.2, 0.25) is 0 Å². The number of hydrogen-bond acceptors (Lipinski definition) is 7. The number of likely N-dealkylation sites (tertiary alicyclic amines) is 1. The molecule has 0 bridgehead atoms. The summed E-state index contributed by atoms with van der Waals surface area (Å²) in [5.41, 5.74) is -1.80. The van der Waals surface area contributed by atoms with Crippen LogP contribution >= 0.6 is 0 Å². The van der Waals surface area contributed by atoms with Crippen molar-refractivity contribution < 1.29 is 29.3 Å². The lowest BCUT2D eigenvalue weighted by Crippen LogP contribution is -2.67. The van der Waals surface area contributed by atoms with Crippen LogP contribution in [0.15, 0.2) is 27.6 Å². The van der Waals surface area contributed by atoms with Crippen molar-refractivity contribution in [1.82, 2.24) is 4.90 Å². The number of aliphatic hydroxyl groups excluding tert-OH is 1. The molecule has 4 saturated carbocycles. The molecule has 9 atom stereocenters. The molecular weight excluding hydrogens is 474 g/mol. The lowest BCUT2D eigenvalue weighted by Gasteiger charge is -2.66. The Bertz CT molecular complexity index is 1100. The molecule has 2 heterocycles. The number of nitrogens with zero attached hydrogens (tertiary/aromatic N) is 1. The summed E-state index contributed by atoms with van der Waals surface area (Å²) in [6.07, 6.45) is 7.52. The van der Waals surface area contributed by atoms with E-state index in [1.165, 1.54) is 6.07 Å². The number of carbonyl (C=O) groups excluding carboxylic acids is 1. The molecule has 5 fully saturated rings. The highest BCUT2D eigenvalue weighted by atomic mass is 16.6. The second-order valence-electron chi connectivity index (χ2n) is 13.2. The van der Waals surface area contributed by atoms with E-state index in [2.05, 4.69) is 13.8 Å². The fraction of sp³-hybridized carbons (Fsp3) is 0.793. The zero-order chi connectivity index (χ0) is 26.2. The SMILES string of the molecule is C[C@]12CC[C@H](OC(=O)N3CCC(O)C3)C[C@@]1(O)CC[C@@H]1[C@@H]2CC[C@]2(C)[C@@H](c3ccc(=O)oc3)CC[C@]12O. The Labute approximate surface area is 218 Å². The minimum Gasteiger partial charge on any atom is -0.446 e. The van der Waals surface area contributed by atoms with E-state index in [-0.39, 0.29) is 46.4 Å². The molecule has 1 aromatic heterocycles. The number of carbonyl (C=O) groups is 1.